The maximum atomic E-state index is 12.2. The Hall–Kier alpha value is -2.54. The number of hydrogen-bond donors (Lipinski definition) is 1. The van der Waals surface area contributed by atoms with E-state index in [0.717, 1.165) is 18.5 Å². The zero-order valence-electron chi connectivity index (χ0n) is 14.4. The Balaban J connectivity index is 1.54. The first-order valence-electron chi connectivity index (χ1n) is 8.62. The first-order valence-corrected chi connectivity index (χ1v) is 10.3. The van der Waals surface area contributed by atoms with Gasteiger partial charge in [-0.15, -0.1) is 0 Å². The van der Waals surface area contributed by atoms with Crippen molar-refractivity contribution in [3.63, 3.8) is 0 Å². The Morgan fingerprint density at radius 1 is 1.00 bits per heavy atom. The fourth-order valence-electron chi connectivity index (χ4n) is 2.80. The number of benzene rings is 2. The van der Waals surface area contributed by atoms with Gasteiger partial charge >= 0.3 is 0 Å². The van der Waals surface area contributed by atoms with Crippen LogP contribution in [-0.4, -0.2) is 33.2 Å². The summed E-state index contributed by atoms with van der Waals surface area (Å²) in [6.07, 6.45) is 2.48. The molecule has 1 saturated heterocycles. The molecule has 1 N–H and O–H groups in total. The Labute approximate surface area is 153 Å². The van der Waals surface area contributed by atoms with Crippen LogP contribution in [0.4, 0.5) is 11.4 Å². The second-order valence-electron chi connectivity index (χ2n) is 6.13. The zero-order chi connectivity index (χ0) is 18.4. The van der Waals surface area contributed by atoms with Crippen molar-refractivity contribution in [3.8, 4) is 5.75 Å². The topological polar surface area (TPSA) is 75.7 Å². The standard InChI is InChI=1S/C19H22N2O4S/c22-19-8-4-5-13-21(19)17-11-9-16(10-12-17)20-26(23,24)15-14-25-18-6-2-1-3-7-18/h1-3,6-7,9-12,20H,4-5,8,13-15H2. The SMILES string of the molecule is O=C1CCCCN1c1ccc(NS(=O)(=O)CCOc2ccccc2)cc1. The molecule has 2 aromatic carbocycles. The van der Waals surface area contributed by atoms with Gasteiger partial charge in [0.2, 0.25) is 15.9 Å². The third kappa shape index (κ3) is 4.98. The van der Waals surface area contributed by atoms with Crippen molar-refractivity contribution in [2.75, 3.05) is 28.5 Å². The number of ether oxygens (including phenoxy) is 1. The molecule has 2 aromatic rings. The molecule has 0 atom stereocenters. The van der Waals surface area contributed by atoms with Crippen molar-refractivity contribution < 1.29 is 17.9 Å². The first-order chi connectivity index (χ1) is 12.5. The van der Waals surface area contributed by atoms with Crippen LogP contribution < -0.4 is 14.4 Å². The summed E-state index contributed by atoms with van der Waals surface area (Å²) in [5.41, 5.74) is 1.27. The molecule has 0 saturated carbocycles. The molecule has 1 aliphatic heterocycles. The van der Waals surface area contributed by atoms with E-state index in [1.807, 2.05) is 18.2 Å². The molecular weight excluding hydrogens is 352 g/mol. The van der Waals surface area contributed by atoms with Crippen molar-refractivity contribution >= 4 is 27.3 Å². The summed E-state index contributed by atoms with van der Waals surface area (Å²) in [5, 5.41) is 0. The Morgan fingerprint density at radius 3 is 2.42 bits per heavy atom. The molecule has 26 heavy (non-hydrogen) atoms. The molecule has 0 spiro atoms. The molecule has 138 valence electrons. The summed E-state index contributed by atoms with van der Waals surface area (Å²) in [4.78, 5) is 13.7. The van der Waals surface area contributed by atoms with Crippen LogP contribution >= 0.6 is 0 Å². The van der Waals surface area contributed by atoms with Crippen LogP contribution in [0.2, 0.25) is 0 Å². The lowest BCUT2D eigenvalue weighted by Crippen LogP contribution is -2.35. The maximum Gasteiger partial charge on any atom is 0.236 e. The van der Waals surface area contributed by atoms with Gasteiger partial charge in [0.25, 0.3) is 0 Å². The molecule has 1 heterocycles. The lowest BCUT2D eigenvalue weighted by molar-refractivity contribution is -0.119. The third-order valence-corrected chi connectivity index (χ3v) is 5.39. The molecule has 7 heteroatoms. The summed E-state index contributed by atoms with van der Waals surface area (Å²) in [5.74, 6) is 0.606. The van der Waals surface area contributed by atoms with Crippen molar-refractivity contribution in [3.05, 3.63) is 54.6 Å². The second kappa shape index (κ2) is 8.23. The van der Waals surface area contributed by atoms with Gasteiger partial charge in [-0.25, -0.2) is 8.42 Å². The predicted octanol–water partition coefficient (Wildman–Crippen LogP) is 3.02. The molecule has 1 aliphatic rings. The van der Waals surface area contributed by atoms with E-state index in [0.29, 0.717) is 24.4 Å². The highest BCUT2D eigenvalue weighted by atomic mass is 32.2. The van der Waals surface area contributed by atoms with Gasteiger partial charge in [0.15, 0.2) is 0 Å². The van der Waals surface area contributed by atoms with Gasteiger partial charge in [0.1, 0.15) is 18.1 Å². The minimum Gasteiger partial charge on any atom is -0.492 e. The lowest BCUT2D eigenvalue weighted by atomic mass is 10.1. The Morgan fingerprint density at radius 2 is 1.73 bits per heavy atom. The lowest BCUT2D eigenvalue weighted by Gasteiger charge is -2.26. The fourth-order valence-corrected chi connectivity index (χ4v) is 3.70. The minimum absolute atomic E-state index is 0.0692. The highest BCUT2D eigenvalue weighted by molar-refractivity contribution is 7.92. The number of piperidine rings is 1. The van der Waals surface area contributed by atoms with Crippen LogP contribution in [0.3, 0.4) is 0 Å². The number of amides is 1. The molecule has 0 radical (unpaired) electrons. The van der Waals surface area contributed by atoms with Gasteiger partial charge in [-0.3, -0.25) is 9.52 Å². The predicted molar refractivity (Wildman–Crippen MR) is 102 cm³/mol. The van der Waals surface area contributed by atoms with Crippen molar-refractivity contribution in [1.29, 1.82) is 0 Å². The van der Waals surface area contributed by atoms with Gasteiger partial charge < -0.3 is 9.64 Å². The molecule has 3 rings (SSSR count). The number of carbonyl (C=O) groups is 1. The van der Waals surface area contributed by atoms with Gasteiger partial charge in [-0.2, -0.15) is 0 Å². The minimum atomic E-state index is -3.51. The Bertz CT molecular complexity index is 836. The molecule has 6 nitrogen and oxygen atoms in total. The average Bonchev–Trinajstić information content (AvgIpc) is 2.63. The summed E-state index contributed by atoms with van der Waals surface area (Å²) < 4.78 is 32.3. The number of sulfonamides is 1. The average molecular weight is 374 g/mol. The highest BCUT2D eigenvalue weighted by Crippen LogP contribution is 2.23. The largest absolute Gasteiger partial charge is 0.492 e. The smallest absolute Gasteiger partial charge is 0.236 e. The highest BCUT2D eigenvalue weighted by Gasteiger charge is 2.19. The van der Waals surface area contributed by atoms with E-state index >= 15 is 0 Å². The third-order valence-electron chi connectivity index (χ3n) is 4.14. The van der Waals surface area contributed by atoms with E-state index in [1.54, 1.807) is 41.3 Å². The van der Waals surface area contributed by atoms with E-state index < -0.39 is 10.0 Å². The van der Waals surface area contributed by atoms with E-state index in [2.05, 4.69) is 4.72 Å². The molecule has 0 aromatic heterocycles. The number of hydrogen-bond acceptors (Lipinski definition) is 4. The molecular formula is C19H22N2O4S. The van der Waals surface area contributed by atoms with Crippen molar-refractivity contribution in [2.45, 2.75) is 19.3 Å². The number of para-hydroxylation sites is 1. The van der Waals surface area contributed by atoms with Gasteiger partial charge in [-0.05, 0) is 49.2 Å². The second-order valence-corrected chi connectivity index (χ2v) is 7.97. The van der Waals surface area contributed by atoms with Gasteiger partial charge in [0, 0.05) is 24.3 Å². The number of rotatable bonds is 7. The zero-order valence-corrected chi connectivity index (χ0v) is 15.2. The van der Waals surface area contributed by atoms with E-state index in [9.17, 15) is 13.2 Å². The summed E-state index contributed by atoms with van der Waals surface area (Å²) in [7, 11) is -3.51. The number of nitrogens with zero attached hydrogens (tertiary/aromatic N) is 1. The fraction of sp³-hybridized carbons (Fsp3) is 0.316. The molecule has 0 bridgehead atoms. The molecule has 0 aliphatic carbocycles. The normalized spacial score (nSPS) is 14.9. The van der Waals surface area contributed by atoms with E-state index in [4.69, 9.17) is 4.74 Å². The first kappa shape index (κ1) is 18.3. The van der Waals surface area contributed by atoms with E-state index in [-0.39, 0.29) is 18.3 Å². The number of anilines is 2. The van der Waals surface area contributed by atoms with Gasteiger partial charge in [-0.1, -0.05) is 18.2 Å². The van der Waals surface area contributed by atoms with Crippen LogP contribution in [0, 0.1) is 0 Å². The Kier molecular flexibility index (Phi) is 5.78. The van der Waals surface area contributed by atoms with Gasteiger partial charge in [0.05, 0.1) is 0 Å². The maximum absolute atomic E-state index is 12.2. The van der Waals surface area contributed by atoms with Crippen molar-refractivity contribution in [1.82, 2.24) is 0 Å². The quantitative estimate of drug-likeness (QED) is 0.808. The van der Waals surface area contributed by atoms with Crippen LogP contribution in [0.1, 0.15) is 19.3 Å². The molecule has 0 unspecified atom stereocenters. The van der Waals surface area contributed by atoms with Crippen LogP contribution in [0.15, 0.2) is 54.6 Å². The molecule has 1 fully saturated rings. The summed E-state index contributed by atoms with van der Waals surface area (Å²) in [6, 6.07) is 16.0. The summed E-state index contributed by atoms with van der Waals surface area (Å²) in [6.45, 7) is 0.778. The van der Waals surface area contributed by atoms with Crippen molar-refractivity contribution in [2.24, 2.45) is 0 Å². The molecule has 1 amide bonds. The number of nitrogens with one attached hydrogen (secondary N) is 1. The van der Waals surface area contributed by atoms with Crippen LogP contribution in [0.25, 0.3) is 0 Å². The number of carbonyl (C=O) groups excluding carboxylic acids is 1. The van der Waals surface area contributed by atoms with Crippen LogP contribution in [0.5, 0.6) is 5.75 Å². The monoisotopic (exact) mass is 374 g/mol. The van der Waals surface area contributed by atoms with E-state index in [1.165, 1.54) is 0 Å². The van der Waals surface area contributed by atoms with Crippen LogP contribution in [-0.2, 0) is 14.8 Å². The summed E-state index contributed by atoms with van der Waals surface area (Å²) >= 11 is 0.